The molecule has 100 valence electrons. The standard InChI is InChI=1S/C12H15Cl2FN2O/c1-4-16-12(2,3)11(18)17-10-8(13)5-7(15)6-9(10)14/h5-6,16H,4H2,1-3H3,(H,17,18). The highest BCUT2D eigenvalue weighted by Gasteiger charge is 2.27. The summed E-state index contributed by atoms with van der Waals surface area (Å²) in [7, 11) is 0. The second-order valence-corrected chi connectivity index (χ2v) is 5.17. The molecule has 0 atom stereocenters. The Kier molecular flexibility index (Phi) is 4.96. The zero-order valence-electron chi connectivity index (χ0n) is 10.4. The summed E-state index contributed by atoms with van der Waals surface area (Å²) in [5.74, 6) is -0.839. The molecule has 0 aromatic heterocycles. The van der Waals surface area contributed by atoms with Crippen LogP contribution in [-0.4, -0.2) is 18.0 Å². The summed E-state index contributed by atoms with van der Waals surface area (Å²) in [6.07, 6.45) is 0. The molecule has 0 aliphatic carbocycles. The fraction of sp³-hybridized carbons (Fsp3) is 0.417. The van der Waals surface area contributed by atoms with E-state index in [4.69, 9.17) is 23.2 Å². The summed E-state index contributed by atoms with van der Waals surface area (Å²) in [4.78, 5) is 12.0. The molecular weight excluding hydrogens is 278 g/mol. The molecule has 1 amide bonds. The van der Waals surface area contributed by atoms with Gasteiger partial charge >= 0.3 is 0 Å². The number of halogens is 3. The molecule has 0 bridgehead atoms. The van der Waals surface area contributed by atoms with Crippen LogP contribution in [0.3, 0.4) is 0 Å². The van der Waals surface area contributed by atoms with Crippen LogP contribution in [0.2, 0.25) is 10.0 Å². The second kappa shape index (κ2) is 5.87. The number of carbonyl (C=O) groups excluding carboxylic acids is 1. The van der Waals surface area contributed by atoms with Crippen LogP contribution in [0.5, 0.6) is 0 Å². The number of amides is 1. The summed E-state index contributed by atoms with van der Waals surface area (Å²) < 4.78 is 13.0. The number of carbonyl (C=O) groups is 1. The van der Waals surface area contributed by atoms with Gasteiger partial charge in [0.2, 0.25) is 5.91 Å². The minimum absolute atomic E-state index is 0.0700. The molecule has 1 aromatic carbocycles. The third-order valence-electron chi connectivity index (χ3n) is 2.43. The van der Waals surface area contributed by atoms with Gasteiger partial charge in [0.1, 0.15) is 5.82 Å². The molecule has 1 aromatic rings. The van der Waals surface area contributed by atoms with Gasteiger partial charge in [-0.15, -0.1) is 0 Å². The van der Waals surface area contributed by atoms with Crippen LogP contribution in [0.25, 0.3) is 0 Å². The van der Waals surface area contributed by atoms with Crippen molar-refractivity contribution < 1.29 is 9.18 Å². The normalized spacial score (nSPS) is 11.4. The smallest absolute Gasteiger partial charge is 0.244 e. The van der Waals surface area contributed by atoms with Crippen LogP contribution in [-0.2, 0) is 4.79 Å². The van der Waals surface area contributed by atoms with E-state index >= 15 is 0 Å². The first kappa shape index (κ1) is 15.2. The fourth-order valence-electron chi connectivity index (χ4n) is 1.45. The van der Waals surface area contributed by atoms with Crippen molar-refractivity contribution in [1.29, 1.82) is 0 Å². The Labute approximate surface area is 116 Å². The maximum Gasteiger partial charge on any atom is 0.244 e. The number of hydrogen-bond acceptors (Lipinski definition) is 2. The van der Waals surface area contributed by atoms with Crippen LogP contribution < -0.4 is 10.6 Å². The molecule has 0 radical (unpaired) electrons. The highest BCUT2D eigenvalue weighted by Crippen LogP contribution is 2.31. The Morgan fingerprint density at radius 3 is 2.28 bits per heavy atom. The predicted molar refractivity (Wildman–Crippen MR) is 72.8 cm³/mol. The first-order chi connectivity index (χ1) is 8.27. The molecule has 0 heterocycles. The zero-order chi connectivity index (χ0) is 13.9. The molecular formula is C12H15Cl2FN2O. The third kappa shape index (κ3) is 3.57. The van der Waals surface area contributed by atoms with Crippen LogP contribution >= 0.6 is 23.2 Å². The van der Waals surface area contributed by atoms with Crippen molar-refractivity contribution in [3.05, 3.63) is 28.0 Å². The van der Waals surface area contributed by atoms with E-state index in [2.05, 4.69) is 10.6 Å². The maximum absolute atomic E-state index is 13.0. The Morgan fingerprint density at radius 2 is 1.83 bits per heavy atom. The molecule has 18 heavy (non-hydrogen) atoms. The van der Waals surface area contributed by atoms with Crippen molar-refractivity contribution in [2.75, 3.05) is 11.9 Å². The molecule has 0 saturated carbocycles. The molecule has 0 fully saturated rings. The van der Waals surface area contributed by atoms with Gasteiger partial charge in [-0.1, -0.05) is 30.1 Å². The number of anilines is 1. The lowest BCUT2D eigenvalue weighted by Gasteiger charge is -2.25. The monoisotopic (exact) mass is 292 g/mol. The van der Waals surface area contributed by atoms with Crippen LogP contribution in [0.15, 0.2) is 12.1 Å². The summed E-state index contributed by atoms with van der Waals surface area (Å²) in [5.41, 5.74) is -0.550. The van der Waals surface area contributed by atoms with Gasteiger partial charge in [0.25, 0.3) is 0 Å². The summed E-state index contributed by atoms with van der Waals surface area (Å²) >= 11 is 11.7. The second-order valence-electron chi connectivity index (χ2n) is 4.35. The minimum atomic E-state index is -0.768. The van der Waals surface area contributed by atoms with Crippen LogP contribution in [0.1, 0.15) is 20.8 Å². The molecule has 0 aliphatic heterocycles. The summed E-state index contributed by atoms with van der Waals surface area (Å²) in [6.45, 7) is 6.01. The van der Waals surface area contributed by atoms with Gasteiger partial charge in [-0.05, 0) is 32.5 Å². The van der Waals surface area contributed by atoms with E-state index < -0.39 is 11.4 Å². The molecule has 0 saturated heterocycles. The lowest BCUT2D eigenvalue weighted by molar-refractivity contribution is -0.121. The number of benzene rings is 1. The molecule has 0 aliphatic rings. The van der Waals surface area contributed by atoms with Gasteiger partial charge in [0, 0.05) is 0 Å². The van der Waals surface area contributed by atoms with Gasteiger partial charge < -0.3 is 10.6 Å². The number of hydrogen-bond donors (Lipinski definition) is 2. The van der Waals surface area contributed by atoms with Crippen molar-refractivity contribution in [2.24, 2.45) is 0 Å². The van der Waals surface area contributed by atoms with Crippen molar-refractivity contribution in [3.63, 3.8) is 0 Å². The largest absolute Gasteiger partial charge is 0.322 e. The van der Waals surface area contributed by atoms with Crippen LogP contribution in [0.4, 0.5) is 10.1 Å². The lowest BCUT2D eigenvalue weighted by atomic mass is 10.0. The summed E-state index contributed by atoms with van der Waals surface area (Å²) in [6, 6.07) is 2.20. The Balaban J connectivity index is 2.95. The van der Waals surface area contributed by atoms with E-state index in [1.807, 2.05) is 6.92 Å². The molecule has 1 rings (SSSR count). The van der Waals surface area contributed by atoms with Crippen molar-refractivity contribution in [2.45, 2.75) is 26.3 Å². The maximum atomic E-state index is 13.0. The van der Waals surface area contributed by atoms with Gasteiger partial charge in [-0.25, -0.2) is 4.39 Å². The Morgan fingerprint density at radius 1 is 1.33 bits per heavy atom. The van der Waals surface area contributed by atoms with Gasteiger partial charge in [0.05, 0.1) is 21.3 Å². The lowest BCUT2D eigenvalue weighted by Crippen LogP contribution is -2.49. The van der Waals surface area contributed by atoms with Gasteiger partial charge in [-0.3, -0.25) is 4.79 Å². The molecule has 3 nitrogen and oxygen atoms in total. The number of likely N-dealkylation sites (N-methyl/N-ethyl adjacent to an activating group) is 1. The highest BCUT2D eigenvalue weighted by atomic mass is 35.5. The average molecular weight is 293 g/mol. The van der Waals surface area contributed by atoms with E-state index in [1.165, 1.54) is 0 Å². The summed E-state index contributed by atoms with van der Waals surface area (Å²) in [5, 5.41) is 5.76. The number of nitrogens with one attached hydrogen (secondary N) is 2. The minimum Gasteiger partial charge on any atom is -0.322 e. The predicted octanol–water partition coefficient (Wildman–Crippen LogP) is 3.46. The van der Waals surface area contributed by atoms with E-state index in [0.717, 1.165) is 12.1 Å². The fourth-order valence-corrected chi connectivity index (χ4v) is 2.01. The highest BCUT2D eigenvalue weighted by molar-refractivity contribution is 6.39. The first-order valence-electron chi connectivity index (χ1n) is 5.49. The van der Waals surface area contributed by atoms with Crippen molar-refractivity contribution in [3.8, 4) is 0 Å². The van der Waals surface area contributed by atoms with E-state index in [0.29, 0.717) is 6.54 Å². The molecule has 0 spiro atoms. The third-order valence-corrected chi connectivity index (χ3v) is 3.03. The van der Waals surface area contributed by atoms with E-state index in [1.54, 1.807) is 13.8 Å². The first-order valence-corrected chi connectivity index (χ1v) is 6.24. The van der Waals surface area contributed by atoms with Crippen molar-refractivity contribution >= 4 is 34.8 Å². The topological polar surface area (TPSA) is 41.1 Å². The van der Waals surface area contributed by atoms with E-state index in [9.17, 15) is 9.18 Å². The number of rotatable bonds is 4. The van der Waals surface area contributed by atoms with Crippen LogP contribution in [0, 0.1) is 5.82 Å². The molecule has 2 N–H and O–H groups in total. The molecule has 6 heteroatoms. The quantitative estimate of drug-likeness (QED) is 0.892. The average Bonchev–Trinajstić information content (AvgIpc) is 2.22. The Bertz CT molecular complexity index is 440. The van der Waals surface area contributed by atoms with Gasteiger partial charge in [0.15, 0.2) is 0 Å². The Hall–Kier alpha value is -0.840. The molecule has 0 unspecified atom stereocenters. The van der Waals surface area contributed by atoms with Gasteiger partial charge in [-0.2, -0.15) is 0 Å². The SMILES string of the molecule is CCNC(C)(C)C(=O)Nc1c(Cl)cc(F)cc1Cl. The zero-order valence-corrected chi connectivity index (χ0v) is 11.9. The van der Waals surface area contributed by atoms with Crippen molar-refractivity contribution in [1.82, 2.24) is 5.32 Å². The van der Waals surface area contributed by atoms with E-state index in [-0.39, 0.29) is 21.6 Å².